The molecule has 1 aliphatic rings. The molecule has 0 radical (unpaired) electrons. The average molecular weight is 285 g/mol. The molecule has 1 aromatic carbocycles. The summed E-state index contributed by atoms with van der Waals surface area (Å²) in [6.45, 7) is 5.15. The normalized spacial score (nSPS) is 15.7. The Labute approximate surface area is 117 Å². The van der Waals surface area contributed by atoms with Gasteiger partial charge in [-0.05, 0) is 38.4 Å². The smallest absolute Gasteiger partial charge is 0.311 e. The number of rotatable bonds is 5. The topological polar surface area (TPSA) is 55.6 Å². The number of benzene rings is 1. The van der Waals surface area contributed by atoms with Gasteiger partial charge in [-0.15, -0.1) is 0 Å². The molecule has 6 heteroatoms. The highest BCUT2D eigenvalue weighted by Crippen LogP contribution is 2.32. The van der Waals surface area contributed by atoms with Crippen LogP contribution in [0.1, 0.15) is 18.4 Å². The Morgan fingerprint density at radius 3 is 2.74 bits per heavy atom. The summed E-state index contributed by atoms with van der Waals surface area (Å²) in [5, 5.41) is 11.5. The fourth-order valence-electron chi connectivity index (χ4n) is 2.20. The van der Waals surface area contributed by atoms with Gasteiger partial charge >= 0.3 is 5.69 Å². The van der Waals surface area contributed by atoms with Gasteiger partial charge in [0.2, 0.25) is 0 Å². The Morgan fingerprint density at radius 2 is 2.11 bits per heavy atom. The van der Waals surface area contributed by atoms with E-state index in [-0.39, 0.29) is 11.4 Å². The molecule has 0 saturated carbocycles. The zero-order valence-corrected chi connectivity index (χ0v) is 11.7. The first-order chi connectivity index (χ1) is 9.08. The van der Waals surface area contributed by atoms with Crippen LogP contribution in [0, 0.1) is 17.0 Å². The summed E-state index contributed by atoms with van der Waals surface area (Å²) in [6.07, 6.45) is 2.44. The lowest BCUT2D eigenvalue weighted by molar-refractivity contribution is -0.385. The molecule has 1 heterocycles. The molecule has 0 unspecified atom stereocenters. The fraction of sp³-hybridized carbons (Fsp3) is 0.538. The SMILES string of the molecule is Cc1cc([N+](=O)[O-])c(OCCN2CCCC2)cc1Cl. The molecule has 2 rings (SSSR count). The van der Waals surface area contributed by atoms with Crippen LogP contribution in [0.2, 0.25) is 5.02 Å². The first-order valence-electron chi connectivity index (χ1n) is 6.37. The van der Waals surface area contributed by atoms with Crippen LogP contribution < -0.4 is 4.74 Å². The second kappa shape index (κ2) is 6.21. The van der Waals surface area contributed by atoms with E-state index in [0.717, 1.165) is 19.6 Å². The summed E-state index contributed by atoms with van der Waals surface area (Å²) in [5.74, 6) is 0.250. The predicted octanol–water partition coefficient (Wildman–Crippen LogP) is 3.03. The van der Waals surface area contributed by atoms with Gasteiger partial charge in [-0.1, -0.05) is 11.6 Å². The molecule has 0 spiro atoms. The van der Waals surface area contributed by atoms with E-state index in [4.69, 9.17) is 16.3 Å². The van der Waals surface area contributed by atoms with Crippen molar-refractivity contribution in [3.05, 3.63) is 32.8 Å². The van der Waals surface area contributed by atoms with Gasteiger partial charge in [0.25, 0.3) is 0 Å². The van der Waals surface area contributed by atoms with E-state index < -0.39 is 4.92 Å². The van der Waals surface area contributed by atoms with Crippen LogP contribution in [0.15, 0.2) is 12.1 Å². The van der Waals surface area contributed by atoms with Crippen molar-refractivity contribution >= 4 is 17.3 Å². The van der Waals surface area contributed by atoms with Crippen molar-refractivity contribution < 1.29 is 9.66 Å². The van der Waals surface area contributed by atoms with Crippen LogP contribution >= 0.6 is 11.6 Å². The number of hydrogen-bond donors (Lipinski definition) is 0. The standard InChI is InChI=1S/C13H17ClN2O3/c1-10-8-12(16(17)18)13(9-11(10)14)19-7-6-15-4-2-3-5-15/h8-9H,2-7H2,1H3. The Morgan fingerprint density at radius 1 is 1.42 bits per heavy atom. The van der Waals surface area contributed by atoms with E-state index in [1.165, 1.54) is 25.0 Å². The number of nitro benzene ring substituents is 1. The van der Waals surface area contributed by atoms with E-state index in [9.17, 15) is 10.1 Å². The van der Waals surface area contributed by atoms with E-state index in [1.54, 1.807) is 6.92 Å². The molecule has 1 aromatic rings. The molecule has 1 saturated heterocycles. The maximum absolute atomic E-state index is 11.0. The molecule has 1 fully saturated rings. The van der Waals surface area contributed by atoms with Crippen LogP contribution in [0.3, 0.4) is 0 Å². The molecule has 1 aliphatic heterocycles. The minimum atomic E-state index is -0.436. The predicted molar refractivity (Wildman–Crippen MR) is 74.0 cm³/mol. The lowest BCUT2D eigenvalue weighted by atomic mass is 10.2. The number of nitrogens with zero attached hydrogens (tertiary/aromatic N) is 2. The lowest BCUT2D eigenvalue weighted by Crippen LogP contribution is -2.25. The van der Waals surface area contributed by atoms with Crippen LogP contribution in [0.25, 0.3) is 0 Å². The summed E-state index contributed by atoms with van der Waals surface area (Å²) < 4.78 is 5.53. The Hall–Kier alpha value is -1.33. The van der Waals surface area contributed by atoms with E-state index in [1.807, 2.05) is 0 Å². The summed E-state index contributed by atoms with van der Waals surface area (Å²) in [6, 6.07) is 2.98. The molecule has 0 amide bonds. The van der Waals surface area contributed by atoms with E-state index in [0.29, 0.717) is 17.2 Å². The van der Waals surface area contributed by atoms with Gasteiger partial charge in [0, 0.05) is 23.7 Å². The van der Waals surface area contributed by atoms with Crippen molar-refractivity contribution in [3.63, 3.8) is 0 Å². The highest BCUT2D eigenvalue weighted by Gasteiger charge is 2.18. The minimum absolute atomic E-state index is 0.0247. The molecule has 104 valence electrons. The van der Waals surface area contributed by atoms with Crippen molar-refractivity contribution in [3.8, 4) is 5.75 Å². The third-order valence-electron chi connectivity index (χ3n) is 3.30. The first kappa shape index (κ1) is 14.1. The van der Waals surface area contributed by atoms with Crippen LogP contribution in [-0.4, -0.2) is 36.1 Å². The monoisotopic (exact) mass is 284 g/mol. The number of halogens is 1. The number of likely N-dealkylation sites (tertiary alicyclic amines) is 1. The first-order valence-corrected chi connectivity index (χ1v) is 6.75. The van der Waals surface area contributed by atoms with Crippen molar-refractivity contribution in [2.75, 3.05) is 26.2 Å². The van der Waals surface area contributed by atoms with Crippen molar-refractivity contribution in [2.45, 2.75) is 19.8 Å². The van der Waals surface area contributed by atoms with Gasteiger partial charge in [0.05, 0.1) is 4.92 Å². The maximum Gasteiger partial charge on any atom is 0.311 e. The van der Waals surface area contributed by atoms with Gasteiger partial charge in [-0.2, -0.15) is 0 Å². The zero-order chi connectivity index (χ0) is 13.8. The largest absolute Gasteiger partial charge is 0.485 e. The molecule has 0 aliphatic carbocycles. The third-order valence-corrected chi connectivity index (χ3v) is 3.71. The molecule has 19 heavy (non-hydrogen) atoms. The summed E-state index contributed by atoms with van der Waals surface area (Å²) >= 11 is 5.98. The molecular formula is C13H17ClN2O3. The van der Waals surface area contributed by atoms with Gasteiger partial charge < -0.3 is 4.74 Å². The quantitative estimate of drug-likeness (QED) is 0.616. The number of hydrogen-bond acceptors (Lipinski definition) is 4. The van der Waals surface area contributed by atoms with E-state index in [2.05, 4.69) is 4.90 Å². The minimum Gasteiger partial charge on any atom is -0.485 e. The molecule has 0 atom stereocenters. The molecular weight excluding hydrogens is 268 g/mol. The number of nitro groups is 1. The van der Waals surface area contributed by atoms with Crippen LogP contribution in [0.5, 0.6) is 5.75 Å². The summed E-state index contributed by atoms with van der Waals surface area (Å²) in [7, 11) is 0. The third kappa shape index (κ3) is 3.58. The van der Waals surface area contributed by atoms with Gasteiger partial charge in [-0.3, -0.25) is 15.0 Å². The van der Waals surface area contributed by atoms with Crippen LogP contribution in [-0.2, 0) is 0 Å². The maximum atomic E-state index is 11.0. The Balaban J connectivity index is 2.01. The number of ether oxygens (including phenoxy) is 1. The van der Waals surface area contributed by atoms with Crippen LogP contribution in [0.4, 0.5) is 5.69 Å². The fourth-order valence-corrected chi connectivity index (χ4v) is 2.35. The zero-order valence-electron chi connectivity index (χ0n) is 10.9. The van der Waals surface area contributed by atoms with Gasteiger partial charge in [0.15, 0.2) is 5.75 Å². The van der Waals surface area contributed by atoms with Crippen molar-refractivity contribution in [1.29, 1.82) is 0 Å². The second-order valence-corrected chi connectivity index (χ2v) is 5.13. The summed E-state index contributed by atoms with van der Waals surface area (Å²) in [4.78, 5) is 12.8. The molecule has 0 bridgehead atoms. The van der Waals surface area contributed by atoms with Crippen molar-refractivity contribution in [1.82, 2.24) is 4.90 Å². The number of aryl methyl sites for hydroxylation is 1. The molecule has 0 N–H and O–H groups in total. The van der Waals surface area contributed by atoms with Crippen molar-refractivity contribution in [2.24, 2.45) is 0 Å². The Bertz CT molecular complexity index is 473. The van der Waals surface area contributed by atoms with Gasteiger partial charge in [-0.25, -0.2) is 0 Å². The average Bonchev–Trinajstić information content (AvgIpc) is 2.86. The van der Waals surface area contributed by atoms with E-state index >= 15 is 0 Å². The summed E-state index contributed by atoms with van der Waals surface area (Å²) in [5.41, 5.74) is 0.656. The molecule has 5 nitrogen and oxygen atoms in total. The lowest BCUT2D eigenvalue weighted by Gasteiger charge is -2.15. The highest BCUT2D eigenvalue weighted by atomic mass is 35.5. The second-order valence-electron chi connectivity index (χ2n) is 4.72. The molecule has 0 aromatic heterocycles. The Kier molecular flexibility index (Phi) is 4.61. The highest BCUT2D eigenvalue weighted by molar-refractivity contribution is 6.31. The van der Waals surface area contributed by atoms with Gasteiger partial charge in [0.1, 0.15) is 6.61 Å².